The lowest BCUT2D eigenvalue weighted by molar-refractivity contribution is -0.131. The highest BCUT2D eigenvalue weighted by Gasteiger charge is 2.35. The van der Waals surface area contributed by atoms with Gasteiger partial charge in [-0.05, 0) is 31.4 Å². The molecule has 1 aliphatic carbocycles. The van der Waals surface area contributed by atoms with Crippen LogP contribution in [0.15, 0.2) is 36.1 Å². The van der Waals surface area contributed by atoms with Gasteiger partial charge in [0.15, 0.2) is 0 Å². The third-order valence-corrected chi connectivity index (χ3v) is 3.58. The molecule has 0 N–H and O–H groups in total. The fraction of sp³-hybridized carbons (Fsp3) is 0.467. The molecule has 1 saturated heterocycles. The Morgan fingerprint density at radius 1 is 1.28 bits per heavy atom. The zero-order chi connectivity index (χ0) is 13.1. The van der Waals surface area contributed by atoms with Gasteiger partial charge in [0.2, 0.25) is 5.91 Å². The summed E-state index contributed by atoms with van der Waals surface area (Å²) in [6.07, 6.45) is 8.98. The van der Waals surface area contributed by atoms with Crippen molar-refractivity contribution in [3.63, 3.8) is 0 Å². The van der Waals surface area contributed by atoms with E-state index in [9.17, 15) is 9.59 Å². The molecule has 0 spiro atoms. The van der Waals surface area contributed by atoms with Crippen LogP contribution in [0.5, 0.6) is 0 Å². The van der Waals surface area contributed by atoms with Crippen LogP contribution in [0, 0.1) is 0 Å². The molecule has 3 nitrogen and oxygen atoms in total. The number of Topliss-reactive ketones (excluding diaryl/α,β-unsaturated/α-hetero) is 1. The number of carbonyl (C=O) groups is 2. The van der Waals surface area contributed by atoms with Gasteiger partial charge in [-0.3, -0.25) is 9.59 Å². The zero-order valence-electron chi connectivity index (χ0n) is 10.8. The molecule has 1 heterocycles. The summed E-state index contributed by atoms with van der Waals surface area (Å²) in [6, 6.07) is 0.172. The average molecular weight is 245 g/mol. The van der Waals surface area contributed by atoms with Crippen molar-refractivity contribution >= 4 is 11.7 Å². The van der Waals surface area contributed by atoms with Crippen molar-refractivity contribution in [2.24, 2.45) is 0 Å². The summed E-state index contributed by atoms with van der Waals surface area (Å²) in [5.74, 6) is 0.436. The highest BCUT2D eigenvalue weighted by Crippen LogP contribution is 2.33. The second kappa shape index (κ2) is 5.34. The third-order valence-electron chi connectivity index (χ3n) is 3.58. The van der Waals surface area contributed by atoms with Gasteiger partial charge in [0, 0.05) is 24.6 Å². The van der Waals surface area contributed by atoms with Crippen LogP contribution in [0.2, 0.25) is 0 Å². The minimum atomic E-state index is 0.120. The van der Waals surface area contributed by atoms with E-state index < -0.39 is 0 Å². The van der Waals surface area contributed by atoms with Gasteiger partial charge >= 0.3 is 0 Å². The van der Waals surface area contributed by atoms with Crippen LogP contribution in [0.1, 0.15) is 39.0 Å². The van der Waals surface area contributed by atoms with Gasteiger partial charge in [-0.25, -0.2) is 0 Å². The van der Waals surface area contributed by atoms with Gasteiger partial charge in [0.25, 0.3) is 0 Å². The van der Waals surface area contributed by atoms with E-state index >= 15 is 0 Å². The van der Waals surface area contributed by atoms with Crippen molar-refractivity contribution in [2.45, 2.75) is 45.1 Å². The maximum absolute atomic E-state index is 12.1. The maximum atomic E-state index is 12.1. The molecule has 0 aromatic carbocycles. The van der Waals surface area contributed by atoms with Crippen LogP contribution < -0.4 is 0 Å². The Balaban J connectivity index is 2.20. The predicted molar refractivity (Wildman–Crippen MR) is 70.8 cm³/mol. The van der Waals surface area contributed by atoms with Crippen molar-refractivity contribution < 1.29 is 9.59 Å². The number of ketones is 1. The molecule has 0 bridgehead atoms. The number of rotatable bonds is 2. The van der Waals surface area contributed by atoms with Crippen LogP contribution in [0.25, 0.3) is 0 Å². The summed E-state index contributed by atoms with van der Waals surface area (Å²) >= 11 is 0. The summed E-state index contributed by atoms with van der Waals surface area (Å²) in [5, 5.41) is 0. The van der Waals surface area contributed by atoms with Crippen molar-refractivity contribution in [3.05, 3.63) is 36.1 Å². The molecule has 96 valence electrons. The minimum Gasteiger partial charge on any atom is -0.309 e. The Labute approximate surface area is 108 Å². The molecule has 0 unspecified atom stereocenters. The standard InChI is InChI=1S/C15H19NO2/c1-3-4-5-14-11(2)10-15(18)16(14)12-6-8-13(17)9-7-12/h3-5,12H,2,6-10H2,1H3/b4-3-,14-5+. The lowest BCUT2D eigenvalue weighted by Gasteiger charge is -2.31. The van der Waals surface area contributed by atoms with Crippen LogP contribution >= 0.6 is 0 Å². The summed E-state index contributed by atoms with van der Waals surface area (Å²) < 4.78 is 0. The first-order valence-corrected chi connectivity index (χ1v) is 6.48. The van der Waals surface area contributed by atoms with E-state index in [1.54, 1.807) is 0 Å². The van der Waals surface area contributed by atoms with E-state index in [-0.39, 0.29) is 11.9 Å². The number of nitrogens with zero attached hydrogens (tertiary/aromatic N) is 1. The predicted octanol–water partition coefficient (Wildman–Crippen LogP) is 2.75. The quantitative estimate of drug-likeness (QED) is 0.750. The van der Waals surface area contributed by atoms with Crippen molar-refractivity contribution in [1.29, 1.82) is 0 Å². The molecule has 2 fully saturated rings. The van der Waals surface area contributed by atoms with Gasteiger partial charge in [-0.2, -0.15) is 0 Å². The maximum Gasteiger partial charge on any atom is 0.231 e. The molecule has 18 heavy (non-hydrogen) atoms. The zero-order valence-corrected chi connectivity index (χ0v) is 10.8. The van der Waals surface area contributed by atoms with Gasteiger partial charge in [0.05, 0.1) is 6.42 Å². The topological polar surface area (TPSA) is 37.4 Å². The van der Waals surface area contributed by atoms with Crippen molar-refractivity contribution in [3.8, 4) is 0 Å². The summed E-state index contributed by atoms with van der Waals surface area (Å²) in [5.41, 5.74) is 1.81. The van der Waals surface area contributed by atoms with E-state index in [1.807, 2.05) is 30.1 Å². The minimum absolute atomic E-state index is 0.120. The molecule has 3 heteroatoms. The molecule has 2 aliphatic rings. The SMILES string of the molecule is C=C1CC(=O)N(C2CCC(=O)CC2)/C1=C/C=C\C. The number of likely N-dealkylation sites (tertiary alicyclic amines) is 1. The lowest BCUT2D eigenvalue weighted by atomic mass is 9.93. The van der Waals surface area contributed by atoms with Crippen LogP contribution in [-0.2, 0) is 9.59 Å². The lowest BCUT2D eigenvalue weighted by Crippen LogP contribution is -2.38. The van der Waals surface area contributed by atoms with Crippen molar-refractivity contribution in [1.82, 2.24) is 4.90 Å². The number of carbonyl (C=O) groups excluding carboxylic acids is 2. The molecular formula is C15H19NO2. The Morgan fingerprint density at radius 3 is 2.56 bits per heavy atom. The molecule has 0 radical (unpaired) electrons. The van der Waals surface area contributed by atoms with Gasteiger partial charge in [-0.1, -0.05) is 18.7 Å². The Kier molecular flexibility index (Phi) is 3.80. The summed E-state index contributed by atoms with van der Waals surface area (Å²) in [4.78, 5) is 25.2. The first-order chi connectivity index (χ1) is 8.63. The fourth-order valence-electron chi connectivity index (χ4n) is 2.63. The number of hydrogen-bond acceptors (Lipinski definition) is 2. The monoisotopic (exact) mass is 245 g/mol. The van der Waals surface area contributed by atoms with E-state index in [0.29, 0.717) is 25.0 Å². The molecule has 1 saturated carbocycles. The second-order valence-corrected chi connectivity index (χ2v) is 4.89. The Bertz CT molecular complexity index is 435. The number of allylic oxidation sites excluding steroid dienone is 4. The summed E-state index contributed by atoms with van der Waals surface area (Å²) in [7, 11) is 0. The molecule has 0 aromatic heterocycles. The van der Waals surface area contributed by atoms with Crippen molar-refractivity contribution in [2.75, 3.05) is 0 Å². The first-order valence-electron chi connectivity index (χ1n) is 6.48. The second-order valence-electron chi connectivity index (χ2n) is 4.89. The van der Waals surface area contributed by atoms with E-state index in [2.05, 4.69) is 6.58 Å². The van der Waals surface area contributed by atoms with E-state index in [1.165, 1.54) is 0 Å². The third kappa shape index (κ3) is 2.45. The highest BCUT2D eigenvalue weighted by atomic mass is 16.2. The molecule has 2 rings (SSSR count). The first kappa shape index (κ1) is 12.8. The molecule has 0 atom stereocenters. The van der Waals surface area contributed by atoms with Gasteiger partial charge < -0.3 is 4.90 Å². The largest absolute Gasteiger partial charge is 0.309 e. The average Bonchev–Trinajstić information content (AvgIpc) is 2.62. The molecule has 0 aromatic rings. The van der Waals surface area contributed by atoms with Crippen LogP contribution in [0.3, 0.4) is 0 Å². The summed E-state index contributed by atoms with van der Waals surface area (Å²) in [6.45, 7) is 5.91. The smallest absolute Gasteiger partial charge is 0.231 e. The molecular weight excluding hydrogens is 226 g/mol. The Morgan fingerprint density at radius 2 is 1.94 bits per heavy atom. The Hall–Kier alpha value is -1.64. The number of amides is 1. The van der Waals surface area contributed by atoms with Gasteiger partial charge in [0.1, 0.15) is 5.78 Å². The highest BCUT2D eigenvalue weighted by molar-refractivity contribution is 5.88. The normalized spacial score (nSPS) is 24.8. The molecule has 1 amide bonds. The fourth-order valence-corrected chi connectivity index (χ4v) is 2.63. The van der Waals surface area contributed by atoms with E-state index in [0.717, 1.165) is 24.1 Å². The van der Waals surface area contributed by atoms with Crippen LogP contribution in [0.4, 0.5) is 0 Å². The number of hydrogen-bond donors (Lipinski definition) is 0. The van der Waals surface area contributed by atoms with Crippen LogP contribution in [-0.4, -0.2) is 22.6 Å². The molecule has 1 aliphatic heterocycles. The van der Waals surface area contributed by atoms with Gasteiger partial charge in [-0.15, -0.1) is 0 Å². The van der Waals surface area contributed by atoms with E-state index in [4.69, 9.17) is 0 Å².